The van der Waals surface area contributed by atoms with Crippen molar-refractivity contribution < 1.29 is 4.74 Å². The highest BCUT2D eigenvalue weighted by Gasteiger charge is 2.27. The Morgan fingerprint density at radius 3 is 2.75 bits per heavy atom. The minimum Gasteiger partial charge on any atom is -0.380 e. The van der Waals surface area contributed by atoms with Gasteiger partial charge in [0.25, 0.3) is 0 Å². The maximum Gasteiger partial charge on any atom is 0.0670 e. The molecule has 0 aromatic heterocycles. The van der Waals surface area contributed by atoms with Crippen LogP contribution in [0.5, 0.6) is 0 Å². The van der Waals surface area contributed by atoms with Crippen molar-refractivity contribution in [2.24, 2.45) is 0 Å². The Kier molecular flexibility index (Phi) is 6.02. The standard InChI is InChI=1S/C17H28N2O/c1-4-16-13-19(12-14(2)20-3)17(11-18-16)10-15-8-6-5-7-9-15/h5-9,14,16-18H,4,10-13H2,1-3H3. The van der Waals surface area contributed by atoms with Crippen LogP contribution in [0.3, 0.4) is 0 Å². The second-order valence-electron chi connectivity index (χ2n) is 5.86. The summed E-state index contributed by atoms with van der Waals surface area (Å²) in [6.45, 7) is 7.63. The third-order valence-corrected chi connectivity index (χ3v) is 4.31. The molecule has 20 heavy (non-hydrogen) atoms. The number of hydrogen-bond donors (Lipinski definition) is 1. The second-order valence-corrected chi connectivity index (χ2v) is 5.86. The van der Waals surface area contributed by atoms with Gasteiger partial charge in [0.1, 0.15) is 0 Å². The first-order valence-electron chi connectivity index (χ1n) is 7.77. The van der Waals surface area contributed by atoms with Gasteiger partial charge < -0.3 is 10.1 Å². The number of rotatable bonds is 6. The quantitative estimate of drug-likeness (QED) is 0.863. The fourth-order valence-electron chi connectivity index (χ4n) is 2.92. The number of benzene rings is 1. The largest absolute Gasteiger partial charge is 0.380 e. The smallest absolute Gasteiger partial charge is 0.0670 e. The van der Waals surface area contributed by atoms with Gasteiger partial charge in [0, 0.05) is 38.8 Å². The van der Waals surface area contributed by atoms with Crippen LogP contribution in [0.4, 0.5) is 0 Å². The lowest BCUT2D eigenvalue weighted by atomic mass is 9.99. The maximum atomic E-state index is 5.46. The van der Waals surface area contributed by atoms with Crippen molar-refractivity contribution in [3.05, 3.63) is 35.9 Å². The van der Waals surface area contributed by atoms with E-state index in [1.165, 1.54) is 12.0 Å². The minimum absolute atomic E-state index is 0.295. The van der Waals surface area contributed by atoms with E-state index in [9.17, 15) is 0 Å². The maximum absolute atomic E-state index is 5.46. The average molecular weight is 276 g/mol. The molecule has 3 atom stereocenters. The predicted molar refractivity (Wildman–Crippen MR) is 84.1 cm³/mol. The van der Waals surface area contributed by atoms with Crippen molar-refractivity contribution in [1.29, 1.82) is 0 Å². The molecule has 0 saturated carbocycles. The summed E-state index contributed by atoms with van der Waals surface area (Å²) in [5, 5.41) is 3.68. The number of ether oxygens (including phenoxy) is 1. The summed E-state index contributed by atoms with van der Waals surface area (Å²) in [6.07, 6.45) is 2.60. The zero-order valence-corrected chi connectivity index (χ0v) is 13.0. The Morgan fingerprint density at radius 1 is 1.35 bits per heavy atom. The molecular weight excluding hydrogens is 248 g/mol. The fourth-order valence-corrected chi connectivity index (χ4v) is 2.92. The molecule has 1 fully saturated rings. The third-order valence-electron chi connectivity index (χ3n) is 4.31. The molecule has 3 nitrogen and oxygen atoms in total. The first-order chi connectivity index (χ1) is 9.72. The molecule has 1 aromatic rings. The zero-order chi connectivity index (χ0) is 14.4. The Balaban J connectivity index is 2.00. The number of nitrogens with zero attached hydrogens (tertiary/aromatic N) is 1. The number of hydrogen-bond acceptors (Lipinski definition) is 3. The molecule has 3 heteroatoms. The SMILES string of the molecule is CCC1CN(CC(C)OC)C(Cc2ccccc2)CN1. The van der Waals surface area contributed by atoms with Gasteiger partial charge >= 0.3 is 0 Å². The van der Waals surface area contributed by atoms with Crippen LogP contribution in [0.15, 0.2) is 30.3 Å². The first kappa shape index (κ1) is 15.5. The lowest BCUT2D eigenvalue weighted by molar-refractivity contribution is 0.0406. The van der Waals surface area contributed by atoms with Gasteiger partial charge in [-0.2, -0.15) is 0 Å². The number of piperazine rings is 1. The van der Waals surface area contributed by atoms with Crippen LogP contribution in [0.25, 0.3) is 0 Å². The van der Waals surface area contributed by atoms with Crippen LogP contribution >= 0.6 is 0 Å². The molecule has 0 spiro atoms. The van der Waals surface area contributed by atoms with E-state index in [0.29, 0.717) is 18.2 Å². The van der Waals surface area contributed by atoms with Crippen LogP contribution in [-0.4, -0.2) is 49.8 Å². The molecule has 1 saturated heterocycles. The molecule has 1 aliphatic rings. The van der Waals surface area contributed by atoms with Gasteiger partial charge in [-0.1, -0.05) is 37.3 Å². The zero-order valence-electron chi connectivity index (χ0n) is 13.0. The highest BCUT2D eigenvalue weighted by molar-refractivity contribution is 5.16. The van der Waals surface area contributed by atoms with Crippen LogP contribution < -0.4 is 5.32 Å². The van der Waals surface area contributed by atoms with E-state index >= 15 is 0 Å². The predicted octanol–water partition coefficient (Wildman–Crippen LogP) is 2.32. The Bertz CT molecular complexity index is 380. The van der Waals surface area contributed by atoms with Crippen molar-refractivity contribution in [3.63, 3.8) is 0 Å². The summed E-state index contributed by atoms with van der Waals surface area (Å²) < 4.78 is 5.46. The lowest BCUT2D eigenvalue weighted by Gasteiger charge is -2.41. The normalized spacial score (nSPS) is 25.6. The summed E-state index contributed by atoms with van der Waals surface area (Å²) >= 11 is 0. The van der Waals surface area contributed by atoms with Gasteiger partial charge in [0.05, 0.1) is 6.10 Å². The van der Waals surface area contributed by atoms with Gasteiger partial charge in [0.2, 0.25) is 0 Å². The summed E-state index contributed by atoms with van der Waals surface area (Å²) in [5.74, 6) is 0. The van der Waals surface area contributed by atoms with E-state index in [2.05, 4.69) is 54.4 Å². The minimum atomic E-state index is 0.295. The first-order valence-corrected chi connectivity index (χ1v) is 7.77. The molecule has 0 amide bonds. The molecular formula is C17H28N2O. The van der Waals surface area contributed by atoms with Gasteiger partial charge in [-0.3, -0.25) is 4.90 Å². The third kappa shape index (κ3) is 4.30. The van der Waals surface area contributed by atoms with Crippen molar-refractivity contribution >= 4 is 0 Å². The van der Waals surface area contributed by atoms with Crippen molar-refractivity contribution in [2.45, 2.75) is 44.9 Å². The van der Waals surface area contributed by atoms with Gasteiger partial charge in [0.15, 0.2) is 0 Å². The second kappa shape index (κ2) is 7.77. The van der Waals surface area contributed by atoms with Crippen molar-refractivity contribution in [1.82, 2.24) is 10.2 Å². The van der Waals surface area contributed by atoms with Gasteiger partial charge in [-0.15, -0.1) is 0 Å². The monoisotopic (exact) mass is 276 g/mol. The van der Waals surface area contributed by atoms with Crippen LogP contribution in [0.2, 0.25) is 0 Å². The Labute approximate surface area is 123 Å². The molecule has 112 valence electrons. The lowest BCUT2D eigenvalue weighted by Crippen LogP contribution is -2.58. The summed E-state index contributed by atoms with van der Waals surface area (Å²) in [4.78, 5) is 2.60. The van der Waals surface area contributed by atoms with Crippen molar-refractivity contribution in [3.8, 4) is 0 Å². The van der Waals surface area contributed by atoms with Gasteiger partial charge in [-0.05, 0) is 25.3 Å². The molecule has 1 N–H and O–H groups in total. The highest BCUT2D eigenvalue weighted by Crippen LogP contribution is 2.15. The van der Waals surface area contributed by atoms with Crippen molar-refractivity contribution in [2.75, 3.05) is 26.7 Å². The highest BCUT2D eigenvalue weighted by atomic mass is 16.5. The van der Waals surface area contributed by atoms with E-state index in [-0.39, 0.29) is 0 Å². The van der Waals surface area contributed by atoms with E-state index in [1.807, 2.05) is 0 Å². The molecule has 1 heterocycles. The molecule has 3 unspecified atom stereocenters. The fraction of sp³-hybridized carbons (Fsp3) is 0.647. The molecule has 0 radical (unpaired) electrons. The summed E-state index contributed by atoms with van der Waals surface area (Å²) in [5.41, 5.74) is 1.42. The summed E-state index contributed by atoms with van der Waals surface area (Å²) in [7, 11) is 1.80. The van der Waals surface area contributed by atoms with Crippen LogP contribution in [0.1, 0.15) is 25.8 Å². The van der Waals surface area contributed by atoms with E-state index in [1.54, 1.807) is 7.11 Å². The molecule has 0 bridgehead atoms. The van der Waals surface area contributed by atoms with Crippen LogP contribution in [0, 0.1) is 0 Å². The Morgan fingerprint density at radius 2 is 2.10 bits per heavy atom. The molecule has 2 rings (SSSR count). The van der Waals surface area contributed by atoms with E-state index < -0.39 is 0 Å². The summed E-state index contributed by atoms with van der Waals surface area (Å²) in [6, 6.07) is 12.0. The molecule has 1 aliphatic heterocycles. The average Bonchev–Trinajstić information content (AvgIpc) is 2.50. The van der Waals surface area contributed by atoms with E-state index in [0.717, 1.165) is 26.1 Å². The van der Waals surface area contributed by atoms with Gasteiger partial charge in [-0.25, -0.2) is 0 Å². The number of methoxy groups -OCH3 is 1. The Hall–Kier alpha value is -0.900. The molecule has 0 aliphatic carbocycles. The van der Waals surface area contributed by atoms with E-state index in [4.69, 9.17) is 4.74 Å². The molecule has 1 aromatic carbocycles. The van der Waals surface area contributed by atoms with Crippen LogP contribution in [-0.2, 0) is 11.2 Å². The topological polar surface area (TPSA) is 24.5 Å². The number of nitrogens with one attached hydrogen (secondary N) is 1.